The molecule has 0 nitrogen and oxygen atoms in total. The lowest BCUT2D eigenvalue weighted by molar-refractivity contribution is -0.0520. The first-order chi connectivity index (χ1) is 8.62. The SMILES string of the molecule is CCCCCC(CCCCC)(C(C)(C)C)C(C)(C)C. The minimum absolute atomic E-state index is 0.396. The third-order valence-electron chi connectivity index (χ3n) is 5.29. The van der Waals surface area contributed by atoms with Gasteiger partial charge in [-0.3, -0.25) is 0 Å². The predicted molar refractivity (Wildman–Crippen MR) is 89.6 cm³/mol. The highest BCUT2D eigenvalue weighted by Gasteiger charge is 2.48. The Morgan fingerprint density at radius 3 is 1.05 bits per heavy atom. The van der Waals surface area contributed by atoms with Crippen molar-refractivity contribution in [1.29, 1.82) is 0 Å². The van der Waals surface area contributed by atoms with E-state index in [-0.39, 0.29) is 0 Å². The Labute approximate surface area is 123 Å². The van der Waals surface area contributed by atoms with E-state index in [1.165, 1.54) is 51.4 Å². The number of unbranched alkanes of at least 4 members (excludes halogenated alkanes) is 4. The van der Waals surface area contributed by atoms with E-state index in [0.717, 1.165) is 0 Å². The van der Waals surface area contributed by atoms with Crippen LogP contribution in [0.15, 0.2) is 0 Å². The monoisotopic (exact) mass is 268 g/mol. The first-order valence-corrected chi connectivity index (χ1v) is 8.62. The van der Waals surface area contributed by atoms with Crippen LogP contribution < -0.4 is 0 Å². The Hall–Kier alpha value is 0. The molecule has 0 N–H and O–H groups in total. The van der Waals surface area contributed by atoms with Crippen molar-refractivity contribution in [3.63, 3.8) is 0 Å². The quantitative estimate of drug-likeness (QED) is 0.407. The summed E-state index contributed by atoms with van der Waals surface area (Å²) in [5, 5.41) is 0. The maximum absolute atomic E-state index is 2.47. The van der Waals surface area contributed by atoms with Crippen molar-refractivity contribution >= 4 is 0 Å². The normalized spacial score (nSPS) is 13.9. The molecule has 0 fully saturated rings. The van der Waals surface area contributed by atoms with Crippen molar-refractivity contribution in [1.82, 2.24) is 0 Å². The Kier molecular flexibility index (Phi) is 7.70. The maximum Gasteiger partial charge on any atom is -0.0200 e. The fourth-order valence-corrected chi connectivity index (χ4v) is 4.10. The molecule has 0 heteroatoms. The van der Waals surface area contributed by atoms with E-state index in [9.17, 15) is 0 Å². The summed E-state index contributed by atoms with van der Waals surface area (Å²) in [5.74, 6) is 0. The van der Waals surface area contributed by atoms with Gasteiger partial charge in [-0.1, -0.05) is 93.9 Å². The molecule has 0 aromatic heterocycles. The van der Waals surface area contributed by atoms with Gasteiger partial charge in [0.05, 0.1) is 0 Å². The molecular weight excluding hydrogens is 228 g/mol. The fraction of sp³-hybridized carbons (Fsp3) is 1.00. The lowest BCUT2D eigenvalue weighted by Gasteiger charge is -2.55. The van der Waals surface area contributed by atoms with E-state index in [2.05, 4.69) is 55.4 Å². The van der Waals surface area contributed by atoms with Crippen LogP contribution >= 0.6 is 0 Å². The van der Waals surface area contributed by atoms with Gasteiger partial charge in [-0.15, -0.1) is 0 Å². The Morgan fingerprint density at radius 2 is 0.842 bits per heavy atom. The zero-order chi connectivity index (χ0) is 15.2. The van der Waals surface area contributed by atoms with Crippen molar-refractivity contribution in [2.75, 3.05) is 0 Å². The van der Waals surface area contributed by atoms with Crippen LogP contribution in [0.3, 0.4) is 0 Å². The summed E-state index contributed by atoms with van der Waals surface area (Å²) in [6.45, 7) is 19.4. The van der Waals surface area contributed by atoms with E-state index >= 15 is 0 Å². The molecule has 0 saturated carbocycles. The summed E-state index contributed by atoms with van der Waals surface area (Å²) in [4.78, 5) is 0. The average Bonchev–Trinajstić information content (AvgIpc) is 2.24. The van der Waals surface area contributed by atoms with Gasteiger partial charge in [-0.05, 0) is 29.1 Å². The van der Waals surface area contributed by atoms with Crippen molar-refractivity contribution < 1.29 is 0 Å². The second-order valence-electron chi connectivity index (χ2n) is 8.50. The van der Waals surface area contributed by atoms with Gasteiger partial charge >= 0.3 is 0 Å². The third-order valence-corrected chi connectivity index (χ3v) is 5.29. The summed E-state index contributed by atoms with van der Waals surface area (Å²) >= 11 is 0. The summed E-state index contributed by atoms with van der Waals surface area (Å²) < 4.78 is 0. The minimum Gasteiger partial charge on any atom is -0.0654 e. The number of rotatable bonds is 8. The average molecular weight is 269 g/mol. The van der Waals surface area contributed by atoms with Crippen LogP contribution in [0.2, 0.25) is 0 Å². The van der Waals surface area contributed by atoms with E-state index < -0.39 is 0 Å². The third kappa shape index (κ3) is 5.12. The van der Waals surface area contributed by atoms with Gasteiger partial charge in [0.1, 0.15) is 0 Å². The van der Waals surface area contributed by atoms with Gasteiger partial charge in [0.2, 0.25) is 0 Å². The largest absolute Gasteiger partial charge is 0.0654 e. The van der Waals surface area contributed by atoms with Gasteiger partial charge in [-0.2, -0.15) is 0 Å². The molecule has 0 atom stereocenters. The molecule has 0 aliphatic heterocycles. The van der Waals surface area contributed by atoms with Crippen LogP contribution in [0.1, 0.15) is 107 Å². The smallest absolute Gasteiger partial charge is 0.0200 e. The van der Waals surface area contributed by atoms with E-state index in [4.69, 9.17) is 0 Å². The first kappa shape index (κ1) is 19.0. The van der Waals surface area contributed by atoms with E-state index in [1.807, 2.05) is 0 Å². The highest BCUT2D eigenvalue weighted by Crippen LogP contribution is 2.57. The molecule has 0 amide bonds. The summed E-state index contributed by atoms with van der Waals surface area (Å²) in [5.41, 5.74) is 1.27. The van der Waals surface area contributed by atoms with E-state index in [1.54, 1.807) is 0 Å². The zero-order valence-corrected chi connectivity index (χ0v) is 15.2. The molecular formula is C19H40. The van der Waals surface area contributed by atoms with Crippen LogP contribution in [-0.4, -0.2) is 0 Å². The first-order valence-electron chi connectivity index (χ1n) is 8.62. The molecule has 0 bridgehead atoms. The minimum atomic E-state index is 0.396. The molecule has 0 aliphatic rings. The van der Waals surface area contributed by atoms with Crippen LogP contribution in [0.25, 0.3) is 0 Å². The Bertz CT molecular complexity index is 197. The predicted octanol–water partition coefficient (Wildman–Crippen LogP) is 7.23. The van der Waals surface area contributed by atoms with Crippen LogP contribution in [0.5, 0.6) is 0 Å². The topological polar surface area (TPSA) is 0 Å². The van der Waals surface area contributed by atoms with Crippen LogP contribution in [0, 0.1) is 16.2 Å². The standard InChI is InChI=1S/C19H40/c1-9-11-13-15-19(17(3,4)5,18(6,7)8)16-14-12-10-2/h9-16H2,1-8H3. The molecule has 0 spiro atoms. The molecule has 19 heavy (non-hydrogen) atoms. The van der Waals surface area contributed by atoms with Gasteiger partial charge in [0.25, 0.3) is 0 Å². The Morgan fingerprint density at radius 1 is 0.526 bits per heavy atom. The summed E-state index contributed by atoms with van der Waals surface area (Å²) in [7, 11) is 0. The molecule has 0 rings (SSSR count). The van der Waals surface area contributed by atoms with Crippen LogP contribution in [-0.2, 0) is 0 Å². The second kappa shape index (κ2) is 7.70. The van der Waals surface area contributed by atoms with Crippen LogP contribution in [0.4, 0.5) is 0 Å². The highest BCUT2D eigenvalue weighted by atomic mass is 14.5. The molecule has 116 valence electrons. The lowest BCUT2D eigenvalue weighted by atomic mass is 9.50. The summed E-state index contributed by atoms with van der Waals surface area (Å²) in [6.07, 6.45) is 11.0. The zero-order valence-electron chi connectivity index (χ0n) is 15.2. The molecule has 0 radical (unpaired) electrons. The highest BCUT2D eigenvalue weighted by molar-refractivity contribution is 4.98. The number of hydrogen-bond donors (Lipinski definition) is 0. The van der Waals surface area contributed by atoms with Crippen molar-refractivity contribution in [3.05, 3.63) is 0 Å². The molecule has 0 aromatic rings. The van der Waals surface area contributed by atoms with Gasteiger partial charge in [0, 0.05) is 0 Å². The maximum atomic E-state index is 2.47. The lowest BCUT2D eigenvalue weighted by Crippen LogP contribution is -2.46. The van der Waals surface area contributed by atoms with Crippen molar-refractivity contribution in [2.45, 2.75) is 107 Å². The van der Waals surface area contributed by atoms with Gasteiger partial charge in [0.15, 0.2) is 0 Å². The number of hydrogen-bond acceptors (Lipinski definition) is 0. The molecule has 0 aromatic carbocycles. The second-order valence-corrected chi connectivity index (χ2v) is 8.50. The van der Waals surface area contributed by atoms with Gasteiger partial charge < -0.3 is 0 Å². The Balaban J connectivity index is 5.11. The van der Waals surface area contributed by atoms with E-state index in [0.29, 0.717) is 16.2 Å². The van der Waals surface area contributed by atoms with Crippen molar-refractivity contribution in [3.8, 4) is 0 Å². The summed E-state index contributed by atoms with van der Waals surface area (Å²) in [6, 6.07) is 0. The van der Waals surface area contributed by atoms with Gasteiger partial charge in [-0.25, -0.2) is 0 Å². The molecule has 0 saturated heterocycles. The molecule has 0 heterocycles. The molecule has 0 unspecified atom stereocenters. The van der Waals surface area contributed by atoms with Crippen molar-refractivity contribution in [2.24, 2.45) is 16.2 Å². The molecule has 0 aliphatic carbocycles. The fourth-order valence-electron chi connectivity index (χ4n) is 4.10.